The molecular formula is C46H37N3. The second-order valence-corrected chi connectivity index (χ2v) is 13.6. The number of hydrogen-bond acceptors (Lipinski definition) is 3. The van der Waals surface area contributed by atoms with E-state index in [0.29, 0.717) is 17.5 Å². The summed E-state index contributed by atoms with van der Waals surface area (Å²) in [4.78, 5) is 14.8. The van der Waals surface area contributed by atoms with Crippen LogP contribution in [0.1, 0.15) is 48.8 Å². The molecule has 1 fully saturated rings. The van der Waals surface area contributed by atoms with Crippen molar-refractivity contribution in [2.24, 2.45) is 0 Å². The Morgan fingerprint density at radius 2 is 0.898 bits per heavy atom. The van der Waals surface area contributed by atoms with Crippen LogP contribution in [-0.2, 0) is 5.41 Å². The highest BCUT2D eigenvalue weighted by Gasteiger charge is 2.43. The normalized spacial score (nSPS) is 14.4. The number of benzene rings is 6. The molecule has 0 radical (unpaired) electrons. The molecule has 236 valence electrons. The van der Waals surface area contributed by atoms with E-state index >= 15 is 0 Å². The first-order valence-corrected chi connectivity index (χ1v) is 17.5. The van der Waals surface area contributed by atoms with Crippen LogP contribution in [0.15, 0.2) is 146 Å². The first-order chi connectivity index (χ1) is 24.2. The average Bonchev–Trinajstić information content (AvgIpc) is 3.44. The van der Waals surface area contributed by atoms with Crippen LogP contribution in [0.4, 0.5) is 0 Å². The lowest BCUT2D eigenvalue weighted by Gasteiger charge is -2.36. The van der Waals surface area contributed by atoms with Crippen molar-refractivity contribution in [3.05, 3.63) is 162 Å². The molecule has 6 aromatic carbocycles. The van der Waals surface area contributed by atoms with Gasteiger partial charge in [0.15, 0.2) is 17.5 Å². The minimum atomic E-state index is 0.192. The largest absolute Gasteiger partial charge is 0.208 e. The molecule has 0 saturated heterocycles. The number of rotatable bonds is 5. The molecule has 0 amide bonds. The molecule has 0 unspecified atom stereocenters. The molecule has 3 heteroatoms. The van der Waals surface area contributed by atoms with Gasteiger partial charge in [-0.05, 0) is 82.0 Å². The summed E-state index contributed by atoms with van der Waals surface area (Å²) >= 11 is 0. The monoisotopic (exact) mass is 631 g/mol. The Bertz CT molecular complexity index is 2240. The molecular weight excluding hydrogens is 595 g/mol. The fourth-order valence-electron chi connectivity index (χ4n) is 8.19. The third-order valence-corrected chi connectivity index (χ3v) is 10.7. The molecule has 1 saturated carbocycles. The number of aryl methyl sites for hydroxylation is 1. The van der Waals surface area contributed by atoms with Gasteiger partial charge in [0.05, 0.1) is 0 Å². The van der Waals surface area contributed by atoms with Gasteiger partial charge in [0.25, 0.3) is 0 Å². The first kappa shape index (κ1) is 29.5. The molecule has 0 aliphatic heterocycles. The maximum atomic E-state index is 4.97. The van der Waals surface area contributed by atoms with Gasteiger partial charge in [0, 0.05) is 22.1 Å². The average molecular weight is 632 g/mol. The molecule has 9 rings (SSSR count). The van der Waals surface area contributed by atoms with Crippen LogP contribution in [0.2, 0.25) is 0 Å². The van der Waals surface area contributed by atoms with Gasteiger partial charge in [-0.1, -0.05) is 153 Å². The van der Waals surface area contributed by atoms with Gasteiger partial charge < -0.3 is 0 Å². The summed E-state index contributed by atoms with van der Waals surface area (Å²) in [6, 6.07) is 52.2. The lowest BCUT2D eigenvalue weighted by molar-refractivity contribution is 0.353. The third-order valence-electron chi connectivity index (χ3n) is 10.7. The Balaban J connectivity index is 1.07. The number of nitrogens with zero attached hydrogens (tertiary/aromatic N) is 3. The van der Waals surface area contributed by atoms with E-state index in [0.717, 1.165) is 16.7 Å². The van der Waals surface area contributed by atoms with Crippen LogP contribution < -0.4 is 0 Å². The smallest absolute Gasteiger partial charge is 0.164 e. The summed E-state index contributed by atoms with van der Waals surface area (Å²) in [7, 11) is 0. The molecule has 1 spiro atoms. The van der Waals surface area contributed by atoms with Crippen molar-refractivity contribution >= 4 is 0 Å². The lowest BCUT2D eigenvalue weighted by atomic mass is 9.68. The second kappa shape index (κ2) is 12.1. The minimum absolute atomic E-state index is 0.192. The fourth-order valence-corrected chi connectivity index (χ4v) is 8.19. The molecule has 0 atom stereocenters. The standard InChI is InChI=1S/C46H37N3/c1-31-19-20-37(45-48-43(34-13-5-2-6-14-34)47-44(49-45)35-15-7-3-8-16-35)30-39(31)33-23-21-32(22-24-33)36-25-26-42-40(29-36)38-17-9-10-18-41(38)46(42)27-11-4-12-28-46/h2-3,5-10,13-26,29-30H,4,11-12,27-28H2,1H3. The van der Waals surface area contributed by atoms with Gasteiger partial charge in [0.2, 0.25) is 0 Å². The summed E-state index contributed by atoms with van der Waals surface area (Å²) < 4.78 is 0. The highest BCUT2D eigenvalue weighted by molar-refractivity contribution is 5.85. The van der Waals surface area contributed by atoms with Crippen molar-refractivity contribution in [3.8, 4) is 67.5 Å². The van der Waals surface area contributed by atoms with Crippen molar-refractivity contribution in [1.82, 2.24) is 15.0 Å². The predicted octanol–water partition coefficient (Wildman–Crippen LogP) is 11.7. The van der Waals surface area contributed by atoms with Gasteiger partial charge in [0.1, 0.15) is 0 Å². The highest BCUT2D eigenvalue weighted by atomic mass is 15.0. The molecule has 1 aromatic heterocycles. The molecule has 3 nitrogen and oxygen atoms in total. The SMILES string of the molecule is Cc1ccc(-c2nc(-c3ccccc3)nc(-c3ccccc3)n2)cc1-c1ccc(-c2ccc3c(c2)-c2ccccc2C32CCCCC2)cc1. The van der Waals surface area contributed by atoms with Crippen LogP contribution in [0, 0.1) is 6.92 Å². The van der Waals surface area contributed by atoms with Gasteiger partial charge in [-0.15, -0.1) is 0 Å². The molecule has 0 bridgehead atoms. The summed E-state index contributed by atoms with van der Waals surface area (Å²) in [5.41, 5.74) is 15.1. The van der Waals surface area contributed by atoms with Crippen LogP contribution >= 0.6 is 0 Å². The number of fused-ring (bicyclic) bond motifs is 5. The number of aromatic nitrogens is 3. The van der Waals surface area contributed by atoms with Crippen LogP contribution in [0.25, 0.3) is 67.5 Å². The Morgan fingerprint density at radius 1 is 0.388 bits per heavy atom. The van der Waals surface area contributed by atoms with Crippen molar-refractivity contribution in [2.45, 2.75) is 44.4 Å². The Morgan fingerprint density at radius 3 is 1.57 bits per heavy atom. The van der Waals surface area contributed by atoms with Crippen molar-refractivity contribution in [2.75, 3.05) is 0 Å². The molecule has 2 aliphatic rings. The molecule has 7 aromatic rings. The fraction of sp³-hybridized carbons (Fsp3) is 0.152. The summed E-state index contributed by atoms with van der Waals surface area (Å²) in [6.45, 7) is 2.17. The maximum Gasteiger partial charge on any atom is 0.164 e. The first-order valence-electron chi connectivity index (χ1n) is 17.5. The number of hydrogen-bond donors (Lipinski definition) is 0. The van der Waals surface area contributed by atoms with Gasteiger partial charge >= 0.3 is 0 Å². The molecule has 0 N–H and O–H groups in total. The van der Waals surface area contributed by atoms with Crippen molar-refractivity contribution in [1.29, 1.82) is 0 Å². The van der Waals surface area contributed by atoms with Gasteiger partial charge in [-0.2, -0.15) is 0 Å². The molecule has 1 heterocycles. The predicted molar refractivity (Wildman–Crippen MR) is 201 cm³/mol. The maximum absolute atomic E-state index is 4.97. The quantitative estimate of drug-likeness (QED) is 0.190. The van der Waals surface area contributed by atoms with Crippen LogP contribution in [-0.4, -0.2) is 15.0 Å². The van der Waals surface area contributed by atoms with E-state index in [1.807, 2.05) is 60.7 Å². The summed E-state index contributed by atoms with van der Waals surface area (Å²) in [5.74, 6) is 2.00. The zero-order valence-corrected chi connectivity index (χ0v) is 27.7. The molecule has 2 aliphatic carbocycles. The zero-order chi connectivity index (χ0) is 32.8. The van der Waals surface area contributed by atoms with Crippen molar-refractivity contribution < 1.29 is 0 Å². The van der Waals surface area contributed by atoms with E-state index in [2.05, 4.69) is 91.9 Å². The van der Waals surface area contributed by atoms with E-state index in [9.17, 15) is 0 Å². The Labute approximate surface area is 288 Å². The van der Waals surface area contributed by atoms with Gasteiger partial charge in [-0.3, -0.25) is 0 Å². The Hall–Kier alpha value is -5.67. The third kappa shape index (κ3) is 5.18. The summed E-state index contributed by atoms with van der Waals surface area (Å²) in [5, 5.41) is 0. The summed E-state index contributed by atoms with van der Waals surface area (Å²) in [6.07, 6.45) is 6.50. The highest BCUT2D eigenvalue weighted by Crippen LogP contribution is 2.56. The zero-order valence-electron chi connectivity index (χ0n) is 27.7. The Kier molecular flexibility index (Phi) is 7.27. The van der Waals surface area contributed by atoms with Crippen LogP contribution in [0.3, 0.4) is 0 Å². The van der Waals surface area contributed by atoms with E-state index < -0.39 is 0 Å². The van der Waals surface area contributed by atoms with E-state index in [1.165, 1.54) is 82.2 Å². The topological polar surface area (TPSA) is 38.7 Å². The van der Waals surface area contributed by atoms with E-state index in [1.54, 1.807) is 0 Å². The van der Waals surface area contributed by atoms with E-state index in [4.69, 9.17) is 15.0 Å². The van der Waals surface area contributed by atoms with Crippen LogP contribution in [0.5, 0.6) is 0 Å². The van der Waals surface area contributed by atoms with Crippen molar-refractivity contribution in [3.63, 3.8) is 0 Å². The second-order valence-electron chi connectivity index (χ2n) is 13.6. The van der Waals surface area contributed by atoms with Gasteiger partial charge in [-0.25, -0.2) is 15.0 Å². The lowest BCUT2D eigenvalue weighted by Crippen LogP contribution is -2.27. The minimum Gasteiger partial charge on any atom is -0.208 e. The van der Waals surface area contributed by atoms with E-state index in [-0.39, 0.29) is 5.41 Å². The molecule has 49 heavy (non-hydrogen) atoms.